The highest BCUT2D eigenvalue weighted by atomic mass is 79.9. The number of halogens is 2. The number of benzene rings is 2. The molecule has 3 heteroatoms. The zero-order valence-electron chi connectivity index (χ0n) is 11.1. The Morgan fingerprint density at radius 1 is 1.21 bits per heavy atom. The van der Waals surface area contributed by atoms with E-state index in [0.717, 1.165) is 21.6 Å². The molecule has 0 unspecified atom stereocenters. The molecule has 0 bridgehead atoms. The molecule has 0 fully saturated rings. The molecular weight excluding hydrogens is 322 g/mol. The van der Waals surface area contributed by atoms with Crippen molar-refractivity contribution in [3.8, 4) is 0 Å². The van der Waals surface area contributed by atoms with Crippen molar-refractivity contribution in [1.82, 2.24) is 5.32 Å². The minimum absolute atomic E-state index is 0.302. The van der Waals surface area contributed by atoms with Crippen LogP contribution in [0.3, 0.4) is 0 Å². The first-order valence-electron chi connectivity index (χ1n) is 6.31. The Hall–Kier alpha value is -0.830. The lowest BCUT2D eigenvalue weighted by molar-refractivity contribution is 0.572. The number of aryl methyl sites for hydroxylation is 1. The molecule has 2 rings (SSSR count). The van der Waals surface area contributed by atoms with Gasteiger partial charge in [-0.2, -0.15) is 0 Å². The highest BCUT2D eigenvalue weighted by Crippen LogP contribution is 2.22. The highest BCUT2D eigenvalue weighted by molar-refractivity contribution is 9.10. The van der Waals surface area contributed by atoms with Crippen LogP contribution in [0.15, 0.2) is 46.9 Å². The topological polar surface area (TPSA) is 12.0 Å². The molecule has 0 spiro atoms. The van der Waals surface area contributed by atoms with Gasteiger partial charge < -0.3 is 5.32 Å². The minimum atomic E-state index is 0.302. The molecule has 0 heterocycles. The minimum Gasteiger partial charge on any atom is -0.306 e. The van der Waals surface area contributed by atoms with Crippen LogP contribution < -0.4 is 5.32 Å². The summed E-state index contributed by atoms with van der Waals surface area (Å²) in [4.78, 5) is 0. The van der Waals surface area contributed by atoms with Crippen LogP contribution in [0, 0.1) is 6.92 Å². The first kappa shape index (κ1) is 14.6. The number of hydrogen-bond donors (Lipinski definition) is 1. The first-order valence-corrected chi connectivity index (χ1v) is 7.48. The fraction of sp³-hybridized carbons (Fsp3) is 0.250. The van der Waals surface area contributed by atoms with Gasteiger partial charge >= 0.3 is 0 Å². The van der Waals surface area contributed by atoms with Crippen LogP contribution in [0.4, 0.5) is 0 Å². The third-order valence-electron chi connectivity index (χ3n) is 3.26. The summed E-state index contributed by atoms with van der Waals surface area (Å²) in [6, 6.07) is 14.7. The summed E-state index contributed by atoms with van der Waals surface area (Å²) in [5.41, 5.74) is 3.74. The van der Waals surface area contributed by atoms with Crippen molar-refractivity contribution in [3.63, 3.8) is 0 Å². The summed E-state index contributed by atoms with van der Waals surface area (Å²) in [6.07, 6.45) is 0. The Kier molecular flexibility index (Phi) is 5.03. The SMILES string of the molecule is Cc1ccccc1[C@H](C)NCc1cc(Br)ccc1Cl. The lowest BCUT2D eigenvalue weighted by atomic mass is 10.0. The van der Waals surface area contributed by atoms with Crippen LogP contribution in [0.25, 0.3) is 0 Å². The zero-order chi connectivity index (χ0) is 13.8. The van der Waals surface area contributed by atoms with E-state index in [1.807, 2.05) is 12.1 Å². The average Bonchev–Trinajstić information content (AvgIpc) is 2.40. The van der Waals surface area contributed by atoms with E-state index in [4.69, 9.17) is 11.6 Å². The van der Waals surface area contributed by atoms with Gasteiger partial charge in [0.1, 0.15) is 0 Å². The van der Waals surface area contributed by atoms with Gasteiger partial charge in [0, 0.05) is 22.1 Å². The molecule has 2 aromatic rings. The smallest absolute Gasteiger partial charge is 0.0451 e. The molecular formula is C16H17BrClN. The monoisotopic (exact) mass is 337 g/mol. The van der Waals surface area contributed by atoms with Gasteiger partial charge in [0.25, 0.3) is 0 Å². The van der Waals surface area contributed by atoms with Crippen LogP contribution >= 0.6 is 27.5 Å². The summed E-state index contributed by atoms with van der Waals surface area (Å²) in [7, 11) is 0. The Bertz CT molecular complexity index is 568. The summed E-state index contributed by atoms with van der Waals surface area (Å²) >= 11 is 9.67. The van der Waals surface area contributed by atoms with Gasteiger partial charge in [-0.05, 0) is 48.7 Å². The van der Waals surface area contributed by atoms with Crippen molar-refractivity contribution in [1.29, 1.82) is 0 Å². The normalized spacial score (nSPS) is 12.4. The molecule has 0 amide bonds. The third kappa shape index (κ3) is 3.82. The van der Waals surface area contributed by atoms with Crippen molar-refractivity contribution in [2.75, 3.05) is 0 Å². The van der Waals surface area contributed by atoms with Crippen LogP contribution in [0.1, 0.15) is 29.7 Å². The Labute approximate surface area is 128 Å². The predicted molar refractivity (Wildman–Crippen MR) is 85.6 cm³/mol. The van der Waals surface area contributed by atoms with Gasteiger partial charge in [0.05, 0.1) is 0 Å². The molecule has 1 nitrogen and oxygen atoms in total. The Balaban J connectivity index is 2.06. The maximum absolute atomic E-state index is 6.20. The summed E-state index contributed by atoms with van der Waals surface area (Å²) in [5.74, 6) is 0. The van der Waals surface area contributed by atoms with Gasteiger partial charge in [0.15, 0.2) is 0 Å². The van der Waals surface area contributed by atoms with E-state index in [1.165, 1.54) is 11.1 Å². The van der Waals surface area contributed by atoms with Crippen LogP contribution in [-0.2, 0) is 6.54 Å². The molecule has 0 saturated carbocycles. The van der Waals surface area contributed by atoms with Crippen molar-refractivity contribution >= 4 is 27.5 Å². The van der Waals surface area contributed by atoms with E-state index >= 15 is 0 Å². The lowest BCUT2D eigenvalue weighted by Gasteiger charge is -2.17. The van der Waals surface area contributed by atoms with E-state index < -0.39 is 0 Å². The predicted octanol–water partition coefficient (Wildman–Crippen LogP) is 5.26. The summed E-state index contributed by atoms with van der Waals surface area (Å²) < 4.78 is 1.05. The Morgan fingerprint density at radius 3 is 2.68 bits per heavy atom. The maximum atomic E-state index is 6.20. The van der Waals surface area contributed by atoms with Gasteiger partial charge in [-0.25, -0.2) is 0 Å². The van der Waals surface area contributed by atoms with Crippen LogP contribution in [-0.4, -0.2) is 0 Å². The maximum Gasteiger partial charge on any atom is 0.0451 e. The molecule has 0 aliphatic rings. The van der Waals surface area contributed by atoms with Gasteiger partial charge in [-0.1, -0.05) is 51.8 Å². The van der Waals surface area contributed by atoms with Crippen molar-refractivity contribution in [2.45, 2.75) is 26.4 Å². The molecule has 0 aliphatic carbocycles. The van der Waals surface area contributed by atoms with E-state index in [2.05, 4.69) is 65.4 Å². The summed E-state index contributed by atoms with van der Waals surface area (Å²) in [6.45, 7) is 5.07. The highest BCUT2D eigenvalue weighted by Gasteiger charge is 2.08. The second-order valence-electron chi connectivity index (χ2n) is 4.69. The van der Waals surface area contributed by atoms with Crippen LogP contribution in [0.5, 0.6) is 0 Å². The fourth-order valence-corrected chi connectivity index (χ4v) is 2.72. The number of hydrogen-bond acceptors (Lipinski definition) is 1. The van der Waals surface area contributed by atoms with Crippen molar-refractivity contribution in [2.24, 2.45) is 0 Å². The lowest BCUT2D eigenvalue weighted by Crippen LogP contribution is -2.19. The van der Waals surface area contributed by atoms with Gasteiger partial charge in [-0.3, -0.25) is 0 Å². The quantitative estimate of drug-likeness (QED) is 0.801. The molecule has 100 valence electrons. The molecule has 0 saturated heterocycles. The van der Waals surface area contributed by atoms with E-state index in [0.29, 0.717) is 6.04 Å². The first-order chi connectivity index (χ1) is 9.08. The molecule has 1 atom stereocenters. The number of nitrogens with one attached hydrogen (secondary N) is 1. The summed E-state index contributed by atoms with van der Waals surface area (Å²) in [5, 5.41) is 4.32. The third-order valence-corrected chi connectivity index (χ3v) is 4.12. The van der Waals surface area contributed by atoms with Crippen molar-refractivity contribution < 1.29 is 0 Å². The molecule has 0 aromatic heterocycles. The van der Waals surface area contributed by atoms with E-state index in [-0.39, 0.29) is 0 Å². The average molecular weight is 339 g/mol. The molecule has 0 radical (unpaired) electrons. The fourth-order valence-electron chi connectivity index (χ4n) is 2.12. The molecule has 0 aliphatic heterocycles. The van der Waals surface area contributed by atoms with E-state index in [1.54, 1.807) is 0 Å². The molecule has 19 heavy (non-hydrogen) atoms. The Morgan fingerprint density at radius 2 is 1.95 bits per heavy atom. The van der Waals surface area contributed by atoms with E-state index in [9.17, 15) is 0 Å². The molecule has 2 aromatic carbocycles. The number of rotatable bonds is 4. The van der Waals surface area contributed by atoms with Gasteiger partial charge in [0.2, 0.25) is 0 Å². The van der Waals surface area contributed by atoms with Gasteiger partial charge in [-0.15, -0.1) is 0 Å². The standard InChI is InChI=1S/C16H17BrClN/c1-11-5-3-4-6-15(11)12(2)19-10-13-9-14(17)7-8-16(13)18/h3-9,12,19H,10H2,1-2H3/t12-/m0/s1. The zero-order valence-corrected chi connectivity index (χ0v) is 13.4. The second-order valence-corrected chi connectivity index (χ2v) is 6.02. The molecule has 1 N–H and O–H groups in total. The largest absolute Gasteiger partial charge is 0.306 e. The second kappa shape index (κ2) is 6.56. The van der Waals surface area contributed by atoms with Crippen molar-refractivity contribution in [3.05, 3.63) is 68.7 Å². The van der Waals surface area contributed by atoms with Crippen LogP contribution in [0.2, 0.25) is 5.02 Å².